The van der Waals surface area contributed by atoms with Crippen molar-refractivity contribution in [3.63, 3.8) is 0 Å². The first-order valence-corrected chi connectivity index (χ1v) is 4.76. The molecule has 4 heteroatoms. The van der Waals surface area contributed by atoms with Crippen molar-refractivity contribution in [3.8, 4) is 0 Å². The zero-order chi connectivity index (χ0) is 8.81. The van der Waals surface area contributed by atoms with Crippen LogP contribution in [0.3, 0.4) is 0 Å². The molecule has 0 aromatic rings. The molecule has 0 bridgehead atoms. The quantitative estimate of drug-likeness (QED) is 0.756. The van der Waals surface area contributed by atoms with Crippen LogP contribution < -0.4 is 5.32 Å². The number of amides is 1. The number of hydrogen-bond acceptors (Lipinski definition) is 2. The molecule has 1 N–H and O–H groups in total. The van der Waals surface area contributed by atoms with Crippen molar-refractivity contribution in [1.29, 1.82) is 0 Å². The molecule has 78 valence electrons. The Bertz CT molecular complexity index is 147. The van der Waals surface area contributed by atoms with Crippen LogP contribution >= 0.6 is 12.4 Å². The van der Waals surface area contributed by atoms with Crippen LogP contribution in [0.25, 0.3) is 0 Å². The molecule has 0 aromatic carbocycles. The van der Waals surface area contributed by atoms with Gasteiger partial charge >= 0.3 is 6.09 Å². The van der Waals surface area contributed by atoms with Crippen molar-refractivity contribution < 1.29 is 9.53 Å². The molecule has 3 nitrogen and oxygen atoms in total. The summed E-state index contributed by atoms with van der Waals surface area (Å²) in [5.41, 5.74) is 0. The van der Waals surface area contributed by atoms with E-state index in [1.807, 2.05) is 6.92 Å². The number of rotatable bonds is 2. The van der Waals surface area contributed by atoms with Crippen LogP contribution in [-0.4, -0.2) is 18.7 Å². The summed E-state index contributed by atoms with van der Waals surface area (Å²) in [5.74, 6) is 0. The van der Waals surface area contributed by atoms with Gasteiger partial charge in [0.2, 0.25) is 0 Å². The molecule has 1 aliphatic rings. The summed E-state index contributed by atoms with van der Waals surface area (Å²) in [7, 11) is 0. The van der Waals surface area contributed by atoms with Crippen molar-refractivity contribution in [3.05, 3.63) is 0 Å². The van der Waals surface area contributed by atoms with Crippen molar-refractivity contribution >= 4 is 18.5 Å². The number of nitrogens with one attached hydrogen (secondary N) is 1. The highest BCUT2D eigenvalue weighted by Crippen LogP contribution is 2.17. The Morgan fingerprint density at radius 2 is 2.00 bits per heavy atom. The van der Waals surface area contributed by atoms with Gasteiger partial charge in [-0.3, -0.25) is 0 Å². The Kier molecular flexibility index (Phi) is 6.77. The molecule has 0 aromatic heterocycles. The lowest BCUT2D eigenvalue weighted by atomic mass is 9.96. The number of carbonyl (C=O) groups excluding carboxylic acids is 1. The third kappa shape index (κ3) is 4.98. The van der Waals surface area contributed by atoms with Gasteiger partial charge in [-0.05, 0) is 19.8 Å². The second-order valence-corrected chi connectivity index (χ2v) is 3.20. The van der Waals surface area contributed by atoms with Gasteiger partial charge in [-0.1, -0.05) is 19.3 Å². The van der Waals surface area contributed by atoms with E-state index in [-0.39, 0.29) is 18.5 Å². The Morgan fingerprint density at radius 1 is 1.38 bits per heavy atom. The van der Waals surface area contributed by atoms with Crippen LogP contribution in [0, 0.1) is 0 Å². The molecule has 1 fully saturated rings. The van der Waals surface area contributed by atoms with Crippen LogP contribution in [0.2, 0.25) is 0 Å². The Balaban J connectivity index is 0.00000144. The molecule has 0 saturated heterocycles. The fourth-order valence-electron chi connectivity index (χ4n) is 1.59. The van der Waals surface area contributed by atoms with E-state index in [1.54, 1.807) is 0 Å². The SMILES string of the molecule is CCOC(=O)NC1CCCCC1.Cl. The van der Waals surface area contributed by atoms with Gasteiger partial charge in [0.1, 0.15) is 0 Å². The van der Waals surface area contributed by atoms with E-state index in [2.05, 4.69) is 5.32 Å². The van der Waals surface area contributed by atoms with Crippen LogP contribution in [0.15, 0.2) is 0 Å². The van der Waals surface area contributed by atoms with Crippen molar-refractivity contribution in [2.45, 2.75) is 45.1 Å². The largest absolute Gasteiger partial charge is 0.450 e. The third-order valence-corrected chi connectivity index (χ3v) is 2.20. The van der Waals surface area contributed by atoms with E-state index < -0.39 is 0 Å². The van der Waals surface area contributed by atoms with Gasteiger partial charge < -0.3 is 10.1 Å². The Labute approximate surface area is 85.6 Å². The molecule has 1 rings (SSSR count). The molecule has 0 unspecified atom stereocenters. The maximum absolute atomic E-state index is 11.0. The maximum Gasteiger partial charge on any atom is 0.407 e. The minimum Gasteiger partial charge on any atom is -0.450 e. The number of carbonyl (C=O) groups is 1. The highest BCUT2D eigenvalue weighted by molar-refractivity contribution is 5.85. The van der Waals surface area contributed by atoms with Crippen LogP contribution in [0.4, 0.5) is 4.79 Å². The predicted octanol–water partition coefficient (Wildman–Crippen LogP) is 2.49. The first kappa shape index (κ1) is 12.6. The molecule has 0 atom stereocenters. The van der Waals surface area contributed by atoms with E-state index in [4.69, 9.17) is 4.74 Å². The van der Waals surface area contributed by atoms with E-state index in [1.165, 1.54) is 19.3 Å². The summed E-state index contributed by atoms with van der Waals surface area (Å²) in [6.45, 7) is 2.28. The van der Waals surface area contributed by atoms with Crippen molar-refractivity contribution in [2.75, 3.05) is 6.61 Å². The monoisotopic (exact) mass is 207 g/mol. The lowest BCUT2D eigenvalue weighted by Gasteiger charge is -2.22. The highest BCUT2D eigenvalue weighted by Gasteiger charge is 2.15. The van der Waals surface area contributed by atoms with Gasteiger partial charge in [-0.15, -0.1) is 12.4 Å². The average Bonchev–Trinajstić information content (AvgIpc) is 2.06. The van der Waals surface area contributed by atoms with Crippen LogP contribution in [-0.2, 0) is 4.74 Å². The van der Waals surface area contributed by atoms with Gasteiger partial charge in [-0.25, -0.2) is 4.79 Å². The first-order valence-electron chi connectivity index (χ1n) is 4.76. The normalized spacial score (nSPS) is 17.3. The summed E-state index contributed by atoms with van der Waals surface area (Å²) in [4.78, 5) is 11.0. The minimum absolute atomic E-state index is 0. The van der Waals surface area contributed by atoms with Gasteiger partial charge in [0.15, 0.2) is 0 Å². The van der Waals surface area contributed by atoms with E-state index in [0.717, 1.165) is 12.8 Å². The molecule has 1 saturated carbocycles. The molecule has 0 radical (unpaired) electrons. The van der Waals surface area contributed by atoms with E-state index in [0.29, 0.717) is 12.6 Å². The molecule has 0 aliphatic heterocycles. The number of halogens is 1. The summed E-state index contributed by atoms with van der Waals surface area (Å²) < 4.78 is 4.79. The van der Waals surface area contributed by atoms with E-state index in [9.17, 15) is 4.79 Å². The van der Waals surface area contributed by atoms with Gasteiger partial charge in [-0.2, -0.15) is 0 Å². The van der Waals surface area contributed by atoms with Crippen molar-refractivity contribution in [2.24, 2.45) is 0 Å². The second kappa shape index (κ2) is 7.01. The van der Waals surface area contributed by atoms with E-state index >= 15 is 0 Å². The maximum atomic E-state index is 11.0. The molecule has 0 spiro atoms. The number of hydrogen-bond donors (Lipinski definition) is 1. The minimum atomic E-state index is -0.260. The summed E-state index contributed by atoms with van der Waals surface area (Å²) in [5, 5.41) is 2.86. The summed E-state index contributed by atoms with van der Waals surface area (Å²) in [6, 6.07) is 0.359. The molecule has 13 heavy (non-hydrogen) atoms. The smallest absolute Gasteiger partial charge is 0.407 e. The Hall–Kier alpha value is -0.440. The van der Waals surface area contributed by atoms with Crippen molar-refractivity contribution in [1.82, 2.24) is 5.32 Å². The molecule has 1 amide bonds. The fraction of sp³-hybridized carbons (Fsp3) is 0.889. The van der Waals surface area contributed by atoms with Gasteiger partial charge in [0, 0.05) is 6.04 Å². The number of alkyl carbamates (subject to hydrolysis) is 1. The molecular weight excluding hydrogens is 190 g/mol. The lowest BCUT2D eigenvalue weighted by molar-refractivity contribution is 0.145. The highest BCUT2D eigenvalue weighted by atomic mass is 35.5. The first-order chi connectivity index (χ1) is 5.83. The fourth-order valence-corrected chi connectivity index (χ4v) is 1.59. The zero-order valence-corrected chi connectivity index (χ0v) is 8.86. The summed E-state index contributed by atoms with van der Waals surface area (Å²) in [6.07, 6.45) is 5.73. The summed E-state index contributed by atoms with van der Waals surface area (Å²) >= 11 is 0. The molecular formula is C9H18ClNO2. The van der Waals surface area contributed by atoms with Gasteiger partial charge in [0.05, 0.1) is 6.61 Å². The van der Waals surface area contributed by atoms with Crippen LogP contribution in [0.5, 0.6) is 0 Å². The zero-order valence-electron chi connectivity index (χ0n) is 8.04. The topological polar surface area (TPSA) is 38.3 Å². The number of ether oxygens (including phenoxy) is 1. The third-order valence-electron chi connectivity index (χ3n) is 2.20. The molecule has 1 aliphatic carbocycles. The predicted molar refractivity (Wildman–Crippen MR) is 54.3 cm³/mol. The standard InChI is InChI=1S/C9H17NO2.ClH/c1-2-12-9(11)10-8-6-4-3-5-7-8;/h8H,2-7H2,1H3,(H,10,11);1H. The second-order valence-electron chi connectivity index (χ2n) is 3.20. The van der Waals surface area contributed by atoms with Crippen LogP contribution in [0.1, 0.15) is 39.0 Å². The average molecular weight is 208 g/mol. The lowest BCUT2D eigenvalue weighted by Crippen LogP contribution is -2.36. The Morgan fingerprint density at radius 3 is 2.54 bits per heavy atom. The molecule has 0 heterocycles. The van der Waals surface area contributed by atoms with Gasteiger partial charge in [0.25, 0.3) is 0 Å².